The van der Waals surface area contributed by atoms with Crippen molar-refractivity contribution in [3.8, 4) is 0 Å². The Hall–Kier alpha value is -1.16. The first-order chi connectivity index (χ1) is 7.50. The normalized spacial score (nSPS) is 32.2. The lowest BCUT2D eigenvalue weighted by Gasteiger charge is -2.38. The minimum Gasteiger partial charge on any atom is -0.304 e. The van der Waals surface area contributed by atoms with Crippen LogP contribution in [0.25, 0.3) is 0 Å². The Labute approximate surface area is 95.9 Å². The van der Waals surface area contributed by atoms with Crippen molar-refractivity contribution < 1.29 is 9.59 Å². The molecule has 0 bridgehead atoms. The first kappa shape index (κ1) is 11.3. The van der Waals surface area contributed by atoms with Crippen molar-refractivity contribution in [1.29, 1.82) is 0 Å². The molecule has 2 heterocycles. The molecule has 0 saturated carbocycles. The van der Waals surface area contributed by atoms with Crippen LogP contribution in [0.5, 0.6) is 0 Å². The van der Waals surface area contributed by atoms with Crippen LogP contribution in [0, 0.1) is 0 Å². The van der Waals surface area contributed by atoms with Gasteiger partial charge < -0.3 is 4.90 Å². The number of carbonyl (C=O) groups is 2. The fourth-order valence-electron chi connectivity index (χ4n) is 2.45. The fourth-order valence-corrected chi connectivity index (χ4v) is 2.45. The molecule has 2 aliphatic rings. The molecule has 1 fully saturated rings. The van der Waals surface area contributed by atoms with Gasteiger partial charge in [-0.05, 0) is 33.7 Å². The molecule has 0 aromatic carbocycles. The number of nitrogens with zero attached hydrogens (tertiary/aromatic N) is 2. The van der Waals surface area contributed by atoms with Gasteiger partial charge in [0.2, 0.25) is 0 Å². The zero-order chi connectivity index (χ0) is 11.9. The number of likely N-dealkylation sites (tertiary alicyclic amines) is 1. The highest BCUT2D eigenvalue weighted by atomic mass is 16.2. The van der Waals surface area contributed by atoms with E-state index in [-0.39, 0.29) is 17.9 Å². The van der Waals surface area contributed by atoms with E-state index in [0.29, 0.717) is 11.6 Å². The third-order valence-corrected chi connectivity index (χ3v) is 3.68. The molecule has 2 aliphatic heterocycles. The molecule has 2 rings (SSSR count). The molecule has 88 valence electrons. The molecule has 2 atom stereocenters. The summed E-state index contributed by atoms with van der Waals surface area (Å²) in [4.78, 5) is 27.2. The Balaban J connectivity index is 2.10. The maximum atomic E-state index is 11.8. The Morgan fingerprint density at radius 2 is 2.06 bits per heavy atom. The van der Waals surface area contributed by atoms with E-state index in [1.54, 1.807) is 6.92 Å². The van der Waals surface area contributed by atoms with Crippen molar-refractivity contribution in [3.05, 3.63) is 11.6 Å². The van der Waals surface area contributed by atoms with E-state index in [9.17, 15) is 9.59 Å². The lowest BCUT2D eigenvalue weighted by Crippen LogP contribution is -2.49. The molecule has 4 nitrogen and oxygen atoms in total. The van der Waals surface area contributed by atoms with Gasteiger partial charge in [0.05, 0.1) is 0 Å². The molecular formula is C12H18N2O2. The number of hydrogen-bond donors (Lipinski definition) is 0. The number of amides is 2. The third kappa shape index (κ3) is 1.78. The van der Waals surface area contributed by atoms with E-state index < -0.39 is 0 Å². The average molecular weight is 222 g/mol. The summed E-state index contributed by atoms with van der Waals surface area (Å²) in [6.45, 7) is 4.79. The summed E-state index contributed by atoms with van der Waals surface area (Å²) in [5.74, 6) is -0.240. The molecule has 1 saturated heterocycles. The van der Waals surface area contributed by atoms with Crippen LogP contribution in [0.4, 0.5) is 0 Å². The monoisotopic (exact) mass is 222 g/mol. The zero-order valence-corrected chi connectivity index (χ0v) is 10.1. The first-order valence-electron chi connectivity index (χ1n) is 5.76. The average Bonchev–Trinajstić information content (AvgIpc) is 2.47. The summed E-state index contributed by atoms with van der Waals surface area (Å²) in [6.07, 6.45) is 3.22. The maximum Gasteiger partial charge on any atom is 0.256 e. The predicted octanol–water partition coefficient (Wildman–Crippen LogP) is 0.784. The number of imide groups is 1. The van der Waals surface area contributed by atoms with E-state index in [1.165, 1.54) is 11.0 Å². The summed E-state index contributed by atoms with van der Waals surface area (Å²) in [7, 11) is 2.08. The number of hydrogen-bond acceptors (Lipinski definition) is 3. The van der Waals surface area contributed by atoms with Crippen molar-refractivity contribution in [2.24, 2.45) is 0 Å². The lowest BCUT2D eigenvalue weighted by molar-refractivity contribution is -0.141. The highest BCUT2D eigenvalue weighted by molar-refractivity contribution is 6.16. The zero-order valence-electron chi connectivity index (χ0n) is 10.1. The van der Waals surface area contributed by atoms with Gasteiger partial charge in [-0.1, -0.05) is 0 Å². The molecule has 16 heavy (non-hydrogen) atoms. The summed E-state index contributed by atoms with van der Waals surface area (Å²) in [5.41, 5.74) is 0.566. The second-order valence-electron chi connectivity index (χ2n) is 4.85. The molecular weight excluding hydrogens is 204 g/mol. The molecule has 2 amide bonds. The van der Waals surface area contributed by atoms with Crippen LogP contribution in [-0.2, 0) is 9.59 Å². The van der Waals surface area contributed by atoms with E-state index >= 15 is 0 Å². The molecule has 0 spiro atoms. The topological polar surface area (TPSA) is 40.6 Å². The SMILES string of the molecule is CC1=CC(=O)N(C2CCN(C)C(C)C2)C1=O. The van der Waals surface area contributed by atoms with Gasteiger partial charge >= 0.3 is 0 Å². The van der Waals surface area contributed by atoms with Crippen LogP contribution in [-0.4, -0.2) is 47.3 Å². The van der Waals surface area contributed by atoms with Crippen molar-refractivity contribution in [1.82, 2.24) is 9.80 Å². The molecule has 2 unspecified atom stereocenters. The Morgan fingerprint density at radius 1 is 1.38 bits per heavy atom. The summed E-state index contributed by atoms with van der Waals surface area (Å²) in [5, 5.41) is 0. The van der Waals surface area contributed by atoms with E-state index in [2.05, 4.69) is 18.9 Å². The first-order valence-corrected chi connectivity index (χ1v) is 5.76. The molecule has 4 heteroatoms. The van der Waals surface area contributed by atoms with E-state index in [0.717, 1.165) is 19.4 Å². The van der Waals surface area contributed by atoms with Gasteiger partial charge in [-0.15, -0.1) is 0 Å². The van der Waals surface area contributed by atoms with Crippen LogP contribution in [0.3, 0.4) is 0 Å². The minimum absolute atomic E-state index is 0.0832. The van der Waals surface area contributed by atoms with E-state index in [1.807, 2.05) is 0 Å². The Bertz CT molecular complexity index is 362. The molecule has 0 aromatic heterocycles. The summed E-state index contributed by atoms with van der Waals surface area (Å²) in [6, 6.07) is 0.514. The minimum atomic E-state index is -0.135. The third-order valence-electron chi connectivity index (χ3n) is 3.68. The van der Waals surface area contributed by atoms with Crippen molar-refractivity contribution in [2.75, 3.05) is 13.6 Å². The maximum absolute atomic E-state index is 11.8. The standard InChI is InChI=1S/C12H18N2O2/c1-8-6-11(15)14(12(8)16)10-4-5-13(3)9(2)7-10/h6,9-10H,4-5,7H2,1-3H3. The number of piperidine rings is 1. The largest absolute Gasteiger partial charge is 0.304 e. The van der Waals surface area contributed by atoms with Crippen LogP contribution in [0.2, 0.25) is 0 Å². The predicted molar refractivity (Wildman–Crippen MR) is 60.7 cm³/mol. The summed E-state index contributed by atoms with van der Waals surface area (Å²) >= 11 is 0. The quantitative estimate of drug-likeness (QED) is 0.616. The Morgan fingerprint density at radius 3 is 2.56 bits per heavy atom. The van der Waals surface area contributed by atoms with Gasteiger partial charge in [0, 0.05) is 30.3 Å². The molecule has 0 aliphatic carbocycles. The molecule has 0 radical (unpaired) electrons. The fraction of sp³-hybridized carbons (Fsp3) is 0.667. The highest BCUT2D eigenvalue weighted by Gasteiger charge is 2.37. The van der Waals surface area contributed by atoms with Gasteiger partial charge in [0.25, 0.3) is 11.8 Å². The van der Waals surface area contributed by atoms with Crippen molar-refractivity contribution >= 4 is 11.8 Å². The number of carbonyl (C=O) groups excluding carboxylic acids is 2. The van der Waals surface area contributed by atoms with Gasteiger partial charge in [-0.2, -0.15) is 0 Å². The van der Waals surface area contributed by atoms with Gasteiger partial charge in [-0.3, -0.25) is 14.5 Å². The van der Waals surface area contributed by atoms with Crippen LogP contribution < -0.4 is 0 Å². The second-order valence-corrected chi connectivity index (χ2v) is 4.85. The van der Waals surface area contributed by atoms with Crippen molar-refractivity contribution in [2.45, 2.75) is 38.8 Å². The van der Waals surface area contributed by atoms with E-state index in [4.69, 9.17) is 0 Å². The van der Waals surface area contributed by atoms with Gasteiger partial charge in [0.1, 0.15) is 0 Å². The summed E-state index contributed by atoms with van der Waals surface area (Å²) < 4.78 is 0. The highest BCUT2D eigenvalue weighted by Crippen LogP contribution is 2.25. The molecule has 0 aromatic rings. The molecule has 0 N–H and O–H groups in total. The smallest absolute Gasteiger partial charge is 0.256 e. The van der Waals surface area contributed by atoms with Gasteiger partial charge in [0.15, 0.2) is 0 Å². The lowest BCUT2D eigenvalue weighted by atomic mass is 9.97. The Kier molecular flexibility index (Phi) is 2.84. The van der Waals surface area contributed by atoms with Gasteiger partial charge in [-0.25, -0.2) is 0 Å². The van der Waals surface area contributed by atoms with Crippen LogP contribution >= 0.6 is 0 Å². The van der Waals surface area contributed by atoms with Crippen molar-refractivity contribution in [3.63, 3.8) is 0 Å². The second kappa shape index (κ2) is 4.01. The van der Waals surface area contributed by atoms with Crippen LogP contribution in [0.1, 0.15) is 26.7 Å². The van der Waals surface area contributed by atoms with Crippen LogP contribution in [0.15, 0.2) is 11.6 Å². The number of rotatable bonds is 1.